The molecule has 8 heteroatoms. The number of nitrogens with one attached hydrogen (secondary N) is 1. The van der Waals surface area contributed by atoms with Gasteiger partial charge in [0, 0.05) is 12.0 Å². The van der Waals surface area contributed by atoms with Gasteiger partial charge in [-0.15, -0.1) is 11.3 Å². The molecule has 0 aliphatic heterocycles. The van der Waals surface area contributed by atoms with E-state index in [1.807, 2.05) is 6.07 Å². The van der Waals surface area contributed by atoms with Gasteiger partial charge in [-0.05, 0) is 61.6 Å². The molecule has 6 nitrogen and oxygen atoms in total. The molecule has 0 saturated carbocycles. The molecule has 5 rings (SSSR count). The maximum absolute atomic E-state index is 13.4. The Morgan fingerprint density at radius 3 is 2.97 bits per heavy atom. The van der Waals surface area contributed by atoms with Crippen molar-refractivity contribution < 1.29 is 9.53 Å². The molecule has 1 N–H and O–H groups in total. The summed E-state index contributed by atoms with van der Waals surface area (Å²) in [4.78, 5) is 33.3. The van der Waals surface area contributed by atoms with E-state index in [2.05, 4.69) is 23.5 Å². The zero-order valence-electron chi connectivity index (χ0n) is 18.9. The fraction of sp³-hybridized carbons (Fsp3) is 0.480. The Balaban J connectivity index is 1.37. The average Bonchev–Trinajstić information content (AvgIpc) is 3.21. The number of thiophene rings is 1. The summed E-state index contributed by atoms with van der Waals surface area (Å²) < 4.78 is 6.94. The summed E-state index contributed by atoms with van der Waals surface area (Å²) in [6.07, 6.45) is 7.37. The highest BCUT2D eigenvalue weighted by Crippen LogP contribution is 2.35. The van der Waals surface area contributed by atoms with E-state index in [0.717, 1.165) is 48.7 Å². The molecule has 2 heterocycles. The van der Waals surface area contributed by atoms with Crippen molar-refractivity contribution in [3.63, 3.8) is 0 Å². The number of carbonyl (C=O) groups is 1. The molecule has 2 aliphatic carbocycles. The molecule has 0 radical (unpaired) electrons. The van der Waals surface area contributed by atoms with Gasteiger partial charge < -0.3 is 10.1 Å². The van der Waals surface area contributed by atoms with Crippen molar-refractivity contribution in [1.82, 2.24) is 14.9 Å². The second-order valence-electron chi connectivity index (χ2n) is 8.73. The molecule has 0 bridgehead atoms. The lowest BCUT2D eigenvalue weighted by atomic mass is 9.88. The van der Waals surface area contributed by atoms with Gasteiger partial charge in [0.05, 0.1) is 30.3 Å². The van der Waals surface area contributed by atoms with Crippen LogP contribution < -0.4 is 10.9 Å². The Hall–Kier alpha value is -2.16. The molecule has 0 saturated heterocycles. The number of carbonyl (C=O) groups excluding carboxylic acids is 1. The number of methoxy groups -OCH3 is 1. The van der Waals surface area contributed by atoms with E-state index in [-0.39, 0.29) is 23.3 Å². The SMILES string of the molecule is COCCn1c(SCC(=O)N[C@@H]2CCCc3ccccc32)nc2sc3c(c2c1=O)CCCC3. The highest BCUT2D eigenvalue weighted by Gasteiger charge is 2.24. The fourth-order valence-electron chi connectivity index (χ4n) is 4.98. The predicted molar refractivity (Wildman–Crippen MR) is 133 cm³/mol. The van der Waals surface area contributed by atoms with E-state index in [1.54, 1.807) is 23.0 Å². The summed E-state index contributed by atoms with van der Waals surface area (Å²) in [6.45, 7) is 0.862. The Kier molecular flexibility index (Phi) is 6.85. The van der Waals surface area contributed by atoms with Crippen LogP contribution >= 0.6 is 23.1 Å². The third kappa shape index (κ3) is 4.61. The van der Waals surface area contributed by atoms with Gasteiger partial charge in [0.1, 0.15) is 4.83 Å². The number of fused-ring (bicyclic) bond motifs is 4. The Morgan fingerprint density at radius 2 is 2.09 bits per heavy atom. The molecular weight excluding hydrogens is 454 g/mol. The minimum absolute atomic E-state index is 0.000524. The standard InChI is InChI=1S/C25H29N3O3S2/c1-31-14-13-28-24(30)22-18-10-4-5-12-20(18)33-23(22)27-25(28)32-15-21(29)26-19-11-6-8-16-7-2-3-9-17(16)19/h2-3,7,9,19H,4-6,8,10-15H2,1H3,(H,26,29)/t19-/m1/s1. The molecule has 1 atom stereocenters. The number of aromatic nitrogens is 2. The molecule has 0 spiro atoms. The lowest BCUT2D eigenvalue weighted by Crippen LogP contribution is -2.32. The Bertz CT molecular complexity index is 1230. The summed E-state index contributed by atoms with van der Waals surface area (Å²) in [6, 6.07) is 8.41. The first kappa shape index (κ1) is 22.6. The second-order valence-corrected chi connectivity index (χ2v) is 10.8. The lowest BCUT2D eigenvalue weighted by molar-refractivity contribution is -0.119. The van der Waals surface area contributed by atoms with Gasteiger partial charge in [-0.2, -0.15) is 0 Å². The van der Waals surface area contributed by atoms with E-state index >= 15 is 0 Å². The zero-order valence-corrected chi connectivity index (χ0v) is 20.5. The van der Waals surface area contributed by atoms with Crippen LogP contribution in [0.15, 0.2) is 34.2 Å². The van der Waals surface area contributed by atoms with Crippen molar-refractivity contribution in [3.05, 3.63) is 56.2 Å². The lowest BCUT2D eigenvalue weighted by Gasteiger charge is -2.26. The average molecular weight is 484 g/mol. The van der Waals surface area contributed by atoms with E-state index in [9.17, 15) is 9.59 Å². The summed E-state index contributed by atoms with van der Waals surface area (Å²) in [5.41, 5.74) is 3.74. The summed E-state index contributed by atoms with van der Waals surface area (Å²) in [5.74, 6) is 0.203. The van der Waals surface area contributed by atoms with Crippen LogP contribution in [-0.4, -0.2) is 34.9 Å². The molecule has 1 amide bonds. The van der Waals surface area contributed by atoms with Crippen LogP contribution in [0.3, 0.4) is 0 Å². The first-order valence-electron chi connectivity index (χ1n) is 11.7. The molecule has 2 aliphatic rings. The number of amides is 1. The minimum atomic E-state index is -0.0279. The highest BCUT2D eigenvalue weighted by atomic mass is 32.2. The molecule has 33 heavy (non-hydrogen) atoms. The monoisotopic (exact) mass is 483 g/mol. The number of thioether (sulfide) groups is 1. The number of hydrogen-bond acceptors (Lipinski definition) is 6. The molecule has 174 valence electrons. The number of ether oxygens (including phenoxy) is 1. The van der Waals surface area contributed by atoms with Gasteiger partial charge in [-0.1, -0.05) is 36.0 Å². The number of nitrogens with zero attached hydrogens (tertiary/aromatic N) is 2. The van der Waals surface area contributed by atoms with Crippen LogP contribution in [0.2, 0.25) is 0 Å². The minimum Gasteiger partial charge on any atom is -0.383 e. The fourth-order valence-corrected chi connectivity index (χ4v) is 7.12. The van der Waals surface area contributed by atoms with Gasteiger partial charge in [0.25, 0.3) is 5.56 Å². The molecule has 3 aromatic rings. The first-order chi connectivity index (χ1) is 16.2. The maximum Gasteiger partial charge on any atom is 0.263 e. The third-order valence-corrected chi connectivity index (χ3v) is 8.76. The number of rotatable bonds is 7. The number of aryl methyl sites for hydroxylation is 3. The molecular formula is C25H29N3O3S2. The van der Waals surface area contributed by atoms with Crippen molar-refractivity contribution in [3.8, 4) is 0 Å². The van der Waals surface area contributed by atoms with Crippen molar-refractivity contribution in [2.45, 2.75) is 62.7 Å². The van der Waals surface area contributed by atoms with Crippen molar-refractivity contribution >= 4 is 39.2 Å². The Labute approximate surface area is 201 Å². The smallest absolute Gasteiger partial charge is 0.263 e. The topological polar surface area (TPSA) is 73.2 Å². The van der Waals surface area contributed by atoms with Gasteiger partial charge in [-0.25, -0.2) is 4.98 Å². The number of hydrogen-bond donors (Lipinski definition) is 1. The van der Waals surface area contributed by atoms with Crippen LogP contribution in [0.4, 0.5) is 0 Å². The van der Waals surface area contributed by atoms with Gasteiger partial charge >= 0.3 is 0 Å². The van der Waals surface area contributed by atoms with Crippen LogP contribution in [-0.2, 0) is 35.3 Å². The maximum atomic E-state index is 13.4. The van der Waals surface area contributed by atoms with Gasteiger partial charge in [0.2, 0.25) is 5.91 Å². The highest BCUT2D eigenvalue weighted by molar-refractivity contribution is 7.99. The predicted octanol–water partition coefficient (Wildman–Crippen LogP) is 4.27. The third-order valence-electron chi connectivity index (χ3n) is 6.60. The van der Waals surface area contributed by atoms with E-state index in [4.69, 9.17) is 9.72 Å². The van der Waals surface area contributed by atoms with Crippen LogP contribution in [0.25, 0.3) is 10.2 Å². The van der Waals surface area contributed by atoms with E-state index in [0.29, 0.717) is 18.3 Å². The molecule has 0 unspecified atom stereocenters. The first-order valence-corrected chi connectivity index (χ1v) is 13.5. The summed E-state index contributed by atoms with van der Waals surface area (Å²) in [7, 11) is 1.63. The van der Waals surface area contributed by atoms with Crippen molar-refractivity contribution in [1.29, 1.82) is 0 Å². The quantitative estimate of drug-likeness (QED) is 0.401. The molecule has 0 fully saturated rings. The normalized spacial score (nSPS) is 17.5. The largest absolute Gasteiger partial charge is 0.383 e. The van der Waals surface area contributed by atoms with Gasteiger partial charge in [0.15, 0.2) is 5.16 Å². The van der Waals surface area contributed by atoms with Gasteiger partial charge in [-0.3, -0.25) is 14.2 Å². The van der Waals surface area contributed by atoms with E-state index < -0.39 is 0 Å². The van der Waals surface area contributed by atoms with Crippen molar-refractivity contribution in [2.24, 2.45) is 0 Å². The van der Waals surface area contributed by atoms with Crippen LogP contribution in [0.5, 0.6) is 0 Å². The van der Waals surface area contributed by atoms with Crippen LogP contribution in [0.1, 0.15) is 53.3 Å². The second kappa shape index (κ2) is 9.99. The van der Waals surface area contributed by atoms with E-state index in [1.165, 1.54) is 39.8 Å². The molecule has 1 aromatic carbocycles. The summed E-state index contributed by atoms with van der Waals surface area (Å²) >= 11 is 2.99. The number of benzene rings is 1. The van der Waals surface area contributed by atoms with Crippen molar-refractivity contribution in [2.75, 3.05) is 19.5 Å². The Morgan fingerprint density at radius 1 is 1.24 bits per heavy atom. The zero-order chi connectivity index (χ0) is 22.8. The van der Waals surface area contributed by atoms with Crippen LogP contribution in [0, 0.1) is 0 Å². The summed E-state index contributed by atoms with van der Waals surface area (Å²) in [5, 5.41) is 4.58. The molecule has 2 aromatic heterocycles.